The predicted molar refractivity (Wildman–Crippen MR) is 96.7 cm³/mol. The van der Waals surface area contributed by atoms with Crippen LogP contribution in [0.1, 0.15) is 37.4 Å². The molecule has 0 aliphatic carbocycles. The molecule has 1 rings (SSSR count). The fourth-order valence-electron chi connectivity index (χ4n) is 2.13. The van der Waals surface area contributed by atoms with Crippen LogP contribution in [-0.4, -0.2) is 61.0 Å². The molecule has 22 heavy (non-hydrogen) atoms. The molecule has 1 heterocycles. The fraction of sp³-hybridized carbons (Fsp3) is 0.750. The van der Waals surface area contributed by atoms with Crippen LogP contribution in [0.15, 0.2) is 10.4 Å². The van der Waals surface area contributed by atoms with Crippen molar-refractivity contribution in [2.75, 3.05) is 34.2 Å². The monoisotopic (exact) mass is 325 g/mol. The Morgan fingerprint density at radius 3 is 2.64 bits per heavy atom. The van der Waals surface area contributed by atoms with Crippen molar-refractivity contribution in [3.8, 4) is 0 Å². The Morgan fingerprint density at radius 2 is 2.09 bits per heavy atom. The number of thiazole rings is 1. The maximum absolute atomic E-state index is 4.50. The van der Waals surface area contributed by atoms with Crippen molar-refractivity contribution < 1.29 is 0 Å². The Morgan fingerprint density at radius 1 is 1.36 bits per heavy atom. The molecular formula is C16H31N5S. The van der Waals surface area contributed by atoms with Gasteiger partial charge in [0, 0.05) is 32.1 Å². The van der Waals surface area contributed by atoms with Crippen molar-refractivity contribution in [3.63, 3.8) is 0 Å². The smallest absolute Gasteiger partial charge is 0.193 e. The number of nitrogens with zero attached hydrogens (tertiary/aromatic N) is 4. The number of nitrogens with one attached hydrogen (secondary N) is 1. The first kappa shape index (κ1) is 18.9. The first-order valence-electron chi connectivity index (χ1n) is 7.97. The Kier molecular flexibility index (Phi) is 8.42. The molecule has 0 radical (unpaired) electrons. The molecule has 6 heteroatoms. The third-order valence-electron chi connectivity index (χ3n) is 3.74. The van der Waals surface area contributed by atoms with Crippen LogP contribution < -0.4 is 5.32 Å². The molecule has 126 valence electrons. The maximum atomic E-state index is 4.50. The van der Waals surface area contributed by atoms with Crippen LogP contribution in [0, 0.1) is 6.92 Å². The Hall–Kier alpha value is -1.14. The van der Waals surface area contributed by atoms with Gasteiger partial charge in [-0.1, -0.05) is 0 Å². The Bertz CT molecular complexity index is 455. The molecule has 0 aromatic carbocycles. The van der Waals surface area contributed by atoms with Gasteiger partial charge in [0.05, 0.1) is 17.2 Å². The summed E-state index contributed by atoms with van der Waals surface area (Å²) in [6, 6.07) is 0.619. The van der Waals surface area contributed by atoms with Crippen LogP contribution in [0.3, 0.4) is 0 Å². The van der Waals surface area contributed by atoms with Crippen molar-refractivity contribution in [3.05, 3.63) is 16.1 Å². The minimum Gasteiger partial charge on any atom is -0.356 e. The largest absolute Gasteiger partial charge is 0.356 e. The van der Waals surface area contributed by atoms with Gasteiger partial charge in [0.25, 0.3) is 0 Å². The molecule has 1 aromatic rings. The van der Waals surface area contributed by atoms with Gasteiger partial charge in [0.1, 0.15) is 0 Å². The first-order chi connectivity index (χ1) is 10.4. The van der Waals surface area contributed by atoms with E-state index in [2.05, 4.69) is 58.4 Å². The molecule has 0 fully saturated rings. The average molecular weight is 326 g/mol. The molecule has 5 nitrogen and oxygen atoms in total. The number of hydrogen-bond donors (Lipinski definition) is 1. The molecule has 0 atom stereocenters. The minimum absolute atomic E-state index is 0.619. The summed E-state index contributed by atoms with van der Waals surface area (Å²) in [6.45, 7) is 9.39. The van der Waals surface area contributed by atoms with E-state index in [1.54, 1.807) is 11.3 Å². The van der Waals surface area contributed by atoms with Gasteiger partial charge in [-0.25, -0.2) is 4.98 Å². The summed E-state index contributed by atoms with van der Waals surface area (Å²) < 4.78 is 0. The molecule has 0 saturated carbocycles. The molecule has 1 aromatic heterocycles. The third-order valence-corrected chi connectivity index (χ3v) is 4.56. The summed E-state index contributed by atoms with van der Waals surface area (Å²) in [5.74, 6) is 0.933. The van der Waals surface area contributed by atoms with Gasteiger partial charge in [-0.05, 0) is 47.2 Å². The van der Waals surface area contributed by atoms with Crippen LogP contribution in [0.2, 0.25) is 0 Å². The number of aryl methyl sites for hydroxylation is 1. The molecular weight excluding hydrogens is 294 g/mol. The summed E-state index contributed by atoms with van der Waals surface area (Å²) in [4.78, 5) is 13.4. The van der Waals surface area contributed by atoms with Crippen LogP contribution in [0.5, 0.6) is 0 Å². The van der Waals surface area contributed by atoms with Crippen LogP contribution in [-0.2, 0) is 6.54 Å². The Labute approximate surface area is 139 Å². The number of unbranched alkanes of at least 4 members (excludes halogenated alkanes) is 1. The lowest BCUT2D eigenvalue weighted by atomic mass is 10.2. The van der Waals surface area contributed by atoms with Crippen LogP contribution in [0.25, 0.3) is 0 Å². The zero-order chi connectivity index (χ0) is 16.5. The lowest BCUT2D eigenvalue weighted by Crippen LogP contribution is -2.39. The zero-order valence-corrected chi connectivity index (χ0v) is 15.7. The van der Waals surface area contributed by atoms with Crippen molar-refractivity contribution >= 4 is 17.3 Å². The molecule has 0 spiro atoms. The summed E-state index contributed by atoms with van der Waals surface area (Å²) in [5.41, 5.74) is 1.10. The van der Waals surface area contributed by atoms with Crippen molar-refractivity contribution in [1.29, 1.82) is 0 Å². The van der Waals surface area contributed by atoms with E-state index in [0.29, 0.717) is 6.04 Å². The summed E-state index contributed by atoms with van der Waals surface area (Å²) in [7, 11) is 6.06. The summed E-state index contributed by atoms with van der Waals surface area (Å²) in [6.07, 6.45) is 2.35. The summed E-state index contributed by atoms with van der Waals surface area (Å²) >= 11 is 1.69. The SMILES string of the molecule is CN=C(NCCCCN(C)C(C)C)N(C)Cc1csc(C)n1. The number of aliphatic imine (C=N–C) groups is 1. The van der Waals surface area contributed by atoms with Crippen molar-refractivity contribution in [2.24, 2.45) is 4.99 Å². The highest BCUT2D eigenvalue weighted by molar-refractivity contribution is 7.09. The molecule has 0 aliphatic rings. The third kappa shape index (κ3) is 6.75. The molecule has 0 unspecified atom stereocenters. The standard InChI is InChI=1S/C16H31N5S/c1-13(2)20(5)10-8-7-9-18-16(17-4)21(6)11-15-12-22-14(3)19-15/h12-13H,7-11H2,1-6H3,(H,17,18). The average Bonchev–Trinajstić information content (AvgIpc) is 2.87. The number of guanidine groups is 1. The van der Waals surface area contributed by atoms with Crippen LogP contribution >= 0.6 is 11.3 Å². The van der Waals surface area contributed by atoms with Crippen molar-refractivity contribution in [2.45, 2.75) is 46.2 Å². The molecule has 0 saturated heterocycles. The number of aromatic nitrogens is 1. The second kappa shape index (κ2) is 9.79. The van der Waals surface area contributed by atoms with Crippen molar-refractivity contribution in [1.82, 2.24) is 20.1 Å². The maximum Gasteiger partial charge on any atom is 0.193 e. The van der Waals surface area contributed by atoms with E-state index in [1.165, 1.54) is 6.42 Å². The lowest BCUT2D eigenvalue weighted by Gasteiger charge is -2.22. The molecule has 1 N–H and O–H groups in total. The highest BCUT2D eigenvalue weighted by atomic mass is 32.1. The van der Waals surface area contributed by atoms with Gasteiger partial charge in [-0.2, -0.15) is 0 Å². The predicted octanol–water partition coefficient (Wildman–Crippen LogP) is 2.58. The number of rotatable bonds is 8. The first-order valence-corrected chi connectivity index (χ1v) is 8.85. The van der Waals surface area contributed by atoms with E-state index in [0.717, 1.165) is 42.7 Å². The van der Waals surface area contributed by atoms with Crippen LogP contribution in [0.4, 0.5) is 0 Å². The zero-order valence-electron chi connectivity index (χ0n) is 14.9. The second-order valence-electron chi connectivity index (χ2n) is 5.97. The van der Waals surface area contributed by atoms with E-state index >= 15 is 0 Å². The number of hydrogen-bond acceptors (Lipinski definition) is 4. The minimum atomic E-state index is 0.619. The van der Waals surface area contributed by atoms with E-state index < -0.39 is 0 Å². The van der Waals surface area contributed by atoms with E-state index in [4.69, 9.17) is 0 Å². The highest BCUT2D eigenvalue weighted by Gasteiger charge is 2.08. The van der Waals surface area contributed by atoms with E-state index in [1.807, 2.05) is 14.0 Å². The quantitative estimate of drug-likeness (QED) is 0.453. The van der Waals surface area contributed by atoms with E-state index in [9.17, 15) is 0 Å². The molecule has 0 bridgehead atoms. The normalized spacial score (nSPS) is 12.3. The van der Waals surface area contributed by atoms with Gasteiger partial charge in [-0.15, -0.1) is 11.3 Å². The lowest BCUT2D eigenvalue weighted by molar-refractivity contribution is 0.268. The topological polar surface area (TPSA) is 43.8 Å². The van der Waals surface area contributed by atoms with Gasteiger partial charge in [-0.3, -0.25) is 4.99 Å². The Balaban J connectivity index is 2.27. The second-order valence-corrected chi connectivity index (χ2v) is 7.03. The summed E-state index contributed by atoms with van der Waals surface area (Å²) in [5, 5.41) is 6.66. The highest BCUT2D eigenvalue weighted by Crippen LogP contribution is 2.09. The van der Waals surface area contributed by atoms with Gasteiger partial charge in [0.2, 0.25) is 0 Å². The molecule has 0 aliphatic heterocycles. The van der Waals surface area contributed by atoms with Gasteiger partial charge < -0.3 is 15.1 Å². The van der Waals surface area contributed by atoms with Gasteiger partial charge in [0.15, 0.2) is 5.96 Å². The fourth-order valence-corrected chi connectivity index (χ4v) is 2.73. The van der Waals surface area contributed by atoms with E-state index in [-0.39, 0.29) is 0 Å². The van der Waals surface area contributed by atoms with Gasteiger partial charge >= 0.3 is 0 Å². The molecule has 0 amide bonds.